The lowest BCUT2D eigenvalue weighted by molar-refractivity contribution is -0.137. The van der Waals surface area contributed by atoms with Crippen LogP contribution in [0.3, 0.4) is 0 Å². The van der Waals surface area contributed by atoms with E-state index in [0.717, 1.165) is 24.7 Å². The maximum atomic E-state index is 12.7. The zero-order valence-corrected chi connectivity index (χ0v) is 12.4. The standard InChI is InChI=1S/C14H19F3N2.ClH/c1-10-8-19(11(2)7-18-10)9-12-4-3-5-13(6-12)14(15,16)17;/h3-6,10-11,18H,7-9H2,1-2H3;1H/t10-,11+;/m1./s1. The van der Waals surface area contributed by atoms with Gasteiger partial charge in [-0.1, -0.05) is 18.2 Å². The van der Waals surface area contributed by atoms with E-state index in [-0.39, 0.29) is 12.4 Å². The number of halogens is 4. The topological polar surface area (TPSA) is 15.3 Å². The normalized spacial score (nSPS) is 24.2. The van der Waals surface area contributed by atoms with Crippen molar-refractivity contribution < 1.29 is 13.2 Å². The monoisotopic (exact) mass is 308 g/mol. The average molecular weight is 309 g/mol. The third-order valence-corrected chi connectivity index (χ3v) is 3.53. The largest absolute Gasteiger partial charge is 0.416 e. The van der Waals surface area contributed by atoms with Gasteiger partial charge in [-0.25, -0.2) is 0 Å². The fourth-order valence-corrected chi connectivity index (χ4v) is 2.40. The molecular formula is C14H20ClF3N2. The van der Waals surface area contributed by atoms with Gasteiger partial charge in [0.1, 0.15) is 0 Å². The molecule has 6 heteroatoms. The van der Waals surface area contributed by atoms with Gasteiger partial charge < -0.3 is 5.32 Å². The third-order valence-electron chi connectivity index (χ3n) is 3.53. The summed E-state index contributed by atoms with van der Waals surface area (Å²) in [5.41, 5.74) is 0.150. The maximum absolute atomic E-state index is 12.7. The van der Waals surface area contributed by atoms with Crippen molar-refractivity contribution in [1.82, 2.24) is 10.2 Å². The zero-order chi connectivity index (χ0) is 14.0. The van der Waals surface area contributed by atoms with E-state index in [4.69, 9.17) is 0 Å². The Labute approximate surface area is 123 Å². The van der Waals surface area contributed by atoms with Gasteiger partial charge in [-0.3, -0.25) is 4.90 Å². The summed E-state index contributed by atoms with van der Waals surface area (Å²) in [4.78, 5) is 2.22. The molecule has 1 aromatic carbocycles. The second-order valence-electron chi connectivity index (χ2n) is 5.29. The fourth-order valence-electron chi connectivity index (χ4n) is 2.40. The summed E-state index contributed by atoms with van der Waals surface area (Å²) in [5, 5.41) is 3.36. The molecule has 2 rings (SSSR count). The summed E-state index contributed by atoms with van der Waals surface area (Å²) in [5.74, 6) is 0. The Hall–Kier alpha value is -0.780. The van der Waals surface area contributed by atoms with Crippen LogP contribution in [0.25, 0.3) is 0 Å². The molecule has 1 aliphatic rings. The van der Waals surface area contributed by atoms with Crippen molar-refractivity contribution in [3.63, 3.8) is 0 Å². The molecule has 0 aliphatic carbocycles. The van der Waals surface area contributed by atoms with E-state index in [1.165, 1.54) is 12.1 Å². The first-order chi connectivity index (χ1) is 8.86. The van der Waals surface area contributed by atoms with Gasteiger partial charge >= 0.3 is 6.18 Å². The molecule has 2 nitrogen and oxygen atoms in total. The fraction of sp³-hybridized carbons (Fsp3) is 0.571. The van der Waals surface area contributed by atoms with Gasteiger partial charge in [0.25, 0.3) is 0 Å². The summed E-state index contributed by atoms with van der Waals surface area (Å²) in [6.07, 6.45) is -4.27. The lowest BCUT2D eigenvalue weighted by Crippen LogP contribution is -2.53. The Morgan fingerprint density at radius 1 is 1.30 bits per heavy atom. The van der Waals surface area contributed by atoms with Crippen LogP contribution in [-0.2, 0) is 12.7 Å². The van der Waals surface area contributed by atoms with Gasteiger partial charge in [0, 0.05) is 31.7 Å². The Balaban J connectivity index is 0.00000200. The van der Waals surface area contributed by atoms with Gasteiger partial charge in [-0.2, -0.15) is 13.2 Å². The van der Waals surface area contributed by atoms with E-state index in [1.54, 1.807) is 6.07 Å². The number of rotatable bonds is 2. The Morgan fingerprint density at radius 2 is 2.00 bits per heavy atom. The van der Waals surface area contributed by atoms with E-state index in [1.807, 2.05) is 0 Å². The van der Waals surface area contributed by atoms with Crippen LogP contribution in [0.4, 0.5) is 13.2 Å². The van der Waals surface area contributed by atoms with E-state index >= 15 is 0 Å². The quantitative estimate of drug-likeness (QED) is 0.902. The molecule has 20 heavy (non-hydrogen) atoms. The van der Waals surface area contributed by atoms with Gasteiger partial charge in [-0.05, 0) is 25.5 Å². The summed E-state index contributed by atoms with van der Waals surface area (Å²) in [7, 11) is 0. The van der Waals surface area contributed by atoms with E-state index < -0.39 is 11.7 Å². The minimum absolute atomic E-state index is 0. The Bertz CT molecular complexity index is 437. The van der Waals surface area contributed by atoms with Crippen LogP contribution >= 0.6 is 12.4 Å². The molecule has 1 aliphatic heterocycles. The SMILES string of the molecule is C[C@@H]1CN(Cc2cccc(C(F)(F)F)c2)[C@@H](C)CN1.Cl. The minimum atomic E-state index is -4.27. The van der Waals surface area contributed by atoms with Crippen LogP contribution in [0.1, 0.15) is 25.0 Å². The van der Waals surface area contributed by atoms with Crippen molar-refractivity contribution in [3.8, 4) is 0 Å². The molecule has 0 radical (unpaired) electrons. The second-order valence-corrected chi connectivity index (χ2v) is 5.29. The molecule has 2 atom stereocenters. The maximum Gasteiger partial charge on any atom is 0.416 e. The molecule has 0 saturated carbocycles. The minimum Gasteiger partial charge on any atom is -0.311 e. The molecule has 1 heterocycles. The highest BCUT2D eigenvalue weighted by Gasteiger charge is 2.30. The molecule has 114 valence electrons. The summed E-state index contributed by atoms with van der Waals surface area (Å²) < 4.78 is 38.0. The van der Waals surface area contributed by atoms with Crippen LogP contribution in [-0.4, -0.2) is 30.1 Å². The number of alkyl halides is 3. The molecule has 1 saturated heterocycles. The number of hydrogen-bond donors (Lipinski definition) is 1. The van der Waals surface area contributed by atoms with Crippen LogP contribution in [0, 0.1) is 0 Å². The zero-order valence-electron chi connectivity index (χ0n) is 11.6. The van der Waals surface area contributed by atoms with Crippen LogP contribution in [0.5, 0.6) is 0 Å². The predicted octanol–water partition coefficient (Wildman–Crippen LogP) is 3.31. The Kier molecular flexibility index (Phi) is 5.86. The van der Waals surface area contributed by atoms with Crippen LogP contribution in [0.15, 0.2) is 24.3 Å². The highest BCUT2D eigenvalue weighted by molar-refractivity contribution is 5.85. The van der Waals surface area contributed by atoms with Crippen molar-refractivity contribution in [2.75, 3.05) is 13.1 Å². The summed E-state index contributed by atoms with van der Waals surface area (Å²) >= 11 is 0. The van der Waals surface area contributed by atoms with Crippen molar-refractivity contribution in [1.29, 1.82) is 0 Å². The lowest BCUT2D eigenvalue weighted by Gasteiger charge is -2.37. The molecule has 1 N–H and O–H groups in total. The average Bonchev–Trinajstić information content (AvgIpc) is 2.33. The third kappa shape index (κ3) is 4.36. The smallest absolute Gasteiger partial charge is 0.311 e. The number of nitrogens with one attached hydrogen (secondary N) is 1. The first-order valence-electron chi connectivity index (χ1n) is 6.50. The molecular weight excluding hydrogens is 289 g/mol. The van der Waals surface area contributed by atoms with E-state index in [9.17, 15) is 13.2 Å². The molecule has 0 amide bonds. The summed E-state index contributed by atoms with van der Waals surface area (Å²) in [6, 6.07) is 6.32. The first-order valence-corrected chi connectivity index (χ1v) is 6.50. The van der Waals surface area contributed by atoms with Gasteiger partial charge in [-0.15, -0.1) is 12.4 Å². The van der Waals surface area contributed by atoms with Crippen LogP contribution in [0.2, 0.25) is 0 Å². The number of benzene rings is 1. The highest BCUT2D eigenvalue weighted by Crippen LogP contribution is 2.29. The van der Waals surface area contributed by atoms with E-state index in [0.29, 0.717) is 18.6 Å². The highest BCUT2D eigenvalue weighted by atomic mass is 35.5. The summed E-state index contributed by atoms with van der Waals surface area (Å²) in [6.45, 7) is 6.48. The molecule has 0 bridgehead atoms. The van der Waals surface area contributed by atoms with E-state index in [2.05, 4.69) is 24.1 Å². The van der Waals surface area contributed by atoms with Gasteiger partial charge in [0.05, 0.1) is 5.56 Å². The number of nitrogens with zero attached hydrogens (tertiary/aromatic N) is 1. The van der Waals surface area contributed by atoms with Crippen molar-refractivity contribution >= 4 is 12.4 Å². The van der Waals surface area contributed by atoms with Crippen molar-refractivity contribution in [2.24, 2.45) is 0 Å². The number of piperazine rings is 1. The van der Waals surface area contributed by atoms with Gasteiger partial charge in [0.2, 0.25) is 0 Å². The van der Waals surface area contributed by atoms with Gasteiger partial charge in [0.15, 0.2) is 0 Å². The first kappa shape index (κ1) is 17.3. The lowest BCUT2D eigenvalue weighted by atomic mass is 10.1. The second kappa shape index (κ2) is 6.78. The molecule has 0 aromatic heterocycles. The van der Waals surface area contributed by atoms with Crippen molar-refractivity contribution in [2.45, 2.75) is 38.7 Å². The molecule has 0 unspecified atom stereocenters. The molecule has 0 spiro atoms. The van der Waals surface area contributed by atoms with Crippen molar-refractivity contribution in [3.05, 3.63) is 35.4 Å². The van der Waals surface area contributed by atoms with Crippen LogP contribution < -0.4 is 5.32 Å². The molecule has 1 fully saturated rings. The number of hydrogen-bond acceptors (Lipinski definition) is 2. The predicted molar refractivity (Wildman–Crippen MR) is 76.0 cm³/mol. The molecule has 1 aromatic rings. The Morgan fingerprint density at radius 3 is 2.65 bits per heavy atom.